The van der Waals surface area contributed by atoms with Gasteiger partial charge in [-0.05, 0) is 49.1 Å². The van der Waals surface area contributed by atoms with Crippen molar-refractivity contribution in [1.82, 2.24) is 0 Å². The molecular weight excluding hydrogens is 218 g/mol. The molecule has 0 atom stereocenters. The SMILES string of the molecule is CCc1ccsc1C1(CN)CCC(O)CC1. The predicted molar refractivity (Wildman–Crippen MR) is 68.9 cm³/mol. The number of rotatable bonds is 3. The number of thiophene rings is 1. The van der Waals surface area contributed by atoms with Crippen LogP contribution in [-0.2, 0) is 11.8 Å². The lowest BCUT2D eigenvalue weighted by molar-refractivity contribution is 0.0982. The Labute approximate surface area is 101 Å². The van der Waals surface area contributed by atoms with E-state index in [-0.39, 0.29) is 11.5 Å². The highest BCUT2D eigenvalue weighted by atomic mass is 32.1. The lowest BCUT2D eigenvalue weighted by Crippen LogP contribution is -2.40. The summed E-state index contributed by atoms with van der Waals surface area (Å²) < 4.78 is 0. The van der Waals surface area contributed by atoms with Crippen LogP contribution in [0.3, 0.4) is 0 Å². The third-order valence-corrected chi connectivity index (χ3v) is 5.12. The number of nitrogens with two attached hydrogens (primary N) is 1. The van der Waals surface area contributed by atoms with E-state index in [0.29, 0.717) is 6.54 Å². The lowest BCUT2D eigenvalue weighted by atomic mass is 9.71. The van der Waals surface area contributed by atoms with Crippen LogP contribution in [0.2, 0.25) is 0 Å². The van der Waals surface area contributed by atoms with Crippen LogP contribution in [-0.4, -0.2) is 17.8 Å². The van der Waals surface area contributed by atoms with Gasteiger partial charge < -0.3 is 10.8 Å². The summed E-state index contributed by atoms with van der Waals surface area (Å²) in [5.41, 5.74) is 7.63. The van der Waals surface area contributed by atoms with Gasteiger partial charge in [-0.25, -0.2) is 0 Å². The maximum Gasteiger partial charge on any atom is 0.0541 e. The monoisotopic (exact) mass is 239 g/mol. The van der Waals surface area contributed by atoms with Gasteiger partial charge in [-0.15, -0.1) is 11.3 Å². The molecule has 2 rings (SSSR count). The Bertz CT molecular complexity index is 339. The van der Waals surface area contributed by atoms with E-state index in [9.17, 15) is 5.11 Å². The van der Waals surface area contributed by atoms with Crippen molar-refractivity contribution in [1.29, 1.82) is 0 Å². The summed E-state index contributed by atoms with van der Waals surface area (Å²) in [5, 5.41) is 11.8. The van der Waals surface area contributed by atoms with Crippen molar-refractivity contribution in [2.24, 2.45) is 5.73 Å². The summed E-state index contributed by atoms with van der Waals surface area (Å²) in [4.78, 5) is 1.48. The molecule has 1 aliphatic carbocycles. The summed E-state index contributed by atoms with van der Waals surface area (Å²) in [5.74, 6) is 0. The highest BCUT2D eigenvalue weighted by molar-refractivity contribution is 7.10. The Morgan fingerprint density at radius 1 is 1.50 bits per heavy atom. The summed E-state index contributed by atoms with van der Waals surface area (Å²) in [6.07, 6.45) is 4.86. The van der Waals surface area contributed by atoms with E-state index >= 15 is 0 Å². The van der Waals surface area contributed by atoms with Gasteiger partial charge in [-0.1, -0.05) is 6.92 Å². The zero-order valence-corrected chi connectivity index (χ0v) is 10.7. The first-order chi connectivity index (χ1) is 7.72. The van der Waals surface area contributed by atoms with E-state index in [2.05, 4.69) is 18.4 Å². The molecule has 16 heavy (non-hydrogen) atoms. The zero-order chi connectivity index (χ0) is 11.6. The van der Waals surface area contributed by atoms with E-state index < -0.39 is 0 Å². The first kappa shape index (κ1) is 12.1. The van der Waals surface area contributed by atoms with Crippen LogP contribution in [0.5, 0.6) is 0 Å². The average molecular weight is 239 g/mol. The van der Waals surface area contributed by atoms with Crippen molar-refractivity contribution in [2.45, 2.75) is 50.5 Å². The minimum atomic E-state index is -0.107. The van der Waals surface area contributed by atoms with Gasteiger partial charge in [-0.3, -0.25) is 0 Å². The van der Waals surface area contributed by atoms with Crippen molar-refractivity contribution in [3.8, 4) is 0 Å². The fourth-order valence-corrected chi connectivity index (χ4v) is 4.03. The second-order valence-electron chi connectivity index (χ2n) is 4.84. The third kappa shape index (κ3) is 2.04. The molecule has 1 saturated carbocycles. The first-order valence-corrected chi connectivity index (χ1v) is 7.05. The maximum absolute atomic E-state index is 9.62. The molecular formula is C13H21NOS. The van der Waals surface area contributed by atoms with Gasteiger partial charge in [-0.2, -0.15) is 0 Å². The van der Waals surface area contributed by atoms with Crippen LogP contribution in [0.15, 0.2) is 11.4 Å². The molecule has 1 aromatic rings. The summed E-state index contributed by atoms with van der Waals surface area (Å²) in [6.45, 7) is 2.92. The van der Waals surface area contributed by atoms with Gasteiger partial charge in [0.25, 0.3) is 0 Å². The summed E-state index contributed by atoms with van der Waals surface area (Å²) >= 11 is 1.84. The Kier molecular flexibility index (Phi) is 3.67. The fourth-order valence-electron chi connectivity index (χ4n) is 2.76. The van der Waals surface area contributed by atoms with Crippen LogP contribution < -0.4 is 5.73 Å². The molecule has 3 heteroatoms. The topological polar surface area (TPSA) is 46.2 Å². The number of hydrogen-bond donors (Lipinski definition) is 2. The molecule has 1 aliphatic rings. The van der Waals surface area contributed by atoms with Gasteiger partial charge in [0.2, 0.25) is 0 Å². The molecule has 2 nitrogen and oxygen atoms in total. The molecule has 1 aromatic heterocycles. The first-order valence-electron chi connectivity index (χ1n) is 6.17. The van der Waals surface area contributed by atoms with Crippen LogP contribution >= 0.6 is 11.3 Å². The molecule has 3 N–H and O–H groups in total. The molecule has 0 bridgehead atoms. The minimum Gasteiger partial charge on any atom is -0.393 e. The van der Waals surface area contributed by atoms with Crippen LogP contribution in [0.25, 0.3) is 0 Å². The number of aliphatic hydroxyl groups excluding tert-OH is 1. The number of hydrogen-bond acceptors (Lipinski definition) is 3. The minimum absolute atomic E-state index is 0.107. The standard InChI is InChI=1S/C13H21NOS/c1-2-10-5-8-16-12(10)13(9-14)6-3-11(15)4-7-13/h5,8,11,15H,2-4,6-7,9,14H2,1H3. The second kappa shape index (κ2) is 4.86. The Morgan fingerprint density at radius 3 is 2.75 bits per heavy atom. The molecule has 1 heterocycles. The summed E-state index contributed by atoms with van der Waals surface area (Å²) in [7, 11) is 0. The van der Waals surface area contributed by atoms with Crippen LogP contribution in [0, 0.1) is 0 Å². The summed E-state index contributed by atoms with van der Waals surface area (Å²) in [6, 6.07) is 2.22. The van der Waals surface area contributed by atoms with Gasteiger partial charge >= 0.3 is 0 Å². The quantitative estimate of drug-likeness (QED) is 0.851. The Morgan fingerprint density at radius 2 is 2.19 bits per heavy atom. The van der Waals surface area contributed by atoms with Crippen molar-refractivity contribution < 1.29 is 5.11 Å². The van der Waals surface area contributed by atoms with Crippen LogP contribution in [0.4, 0.5) is 0 Å². The predicted octanol–water partition coefficient (Wildman–Crippen LogP) is 2.44. The average Bonchev–Trinajstić information content (AvgIpc) is 2.79. The Balaban J connectivity index is 2.27. The molecule has 0 saturated heterocycles. The van der Waals surface area contributed by atoms with E-state index in [1.165, 1.54) is 10.4 Å². The van der Waals surface area contributed by atoms with Gasteiger partial charge in [0.1, 0.15) is 0 Å². The molecule has 0 amide bonds. The van der Waals surface area contributed by atoms with E-state index in [1.54, 1.807) is 0 Å². The highest BCUT2D eigenvalue weighted by Crippen LogP contribution is 2.42. The molecule has 0 unspecified atom stereocenters. The fraction of sp³-hybridized carbons (Fsp3) is 0.692. The van der Waals surface area contributed by atoms with Crippen molar-refractivity contribution in [3.63, 3.8) is 0 Å². The normalized spacial score (nSPS) is 30.6. The van der Waals surface area contributed by atoms with Crippen molar-refractivity contribution >= 4 is 11.3 Å². The van der Waals surface area contributed by atoms with E-state index in [4.69, 9.17) is 5.73 Å². The number of aryl methyl sites for hydroxylation is 1. The zero-order valence-electron chi connectivity index (χ0n) is 9.91. The molecule has 0 aromatic carbocycles. The van der Waals surface area contributed by atoms with Gasteiger partial charge in [0.15, 0.2) is 0 Å². The molecule has 1 fully saturated rings. The third-order valence-electron chi connectivity index (χ3n) is 3.91. The van der Waals surface area contributed by atoms with E-state index in [0.717, 1.165) is 32.1 Å². The molecule has 0 radical (unpaired) electrons. The van der Waals surface area contributed by atoms with Crippen molar-refractivity contribution in [2.75, 3.05) is 6.54 Å². The van der Waals surface area contributed by atoms with Crippen molar-refractivity contribution in [3.05, 3.63) is 21.9 Å². The lowest BCUT2D eigenvalue weighted by Gasteiger charge is -2.38. The van der Waals surface area contributed by atoms with E-state index in [1.807, 2.05) is 11.3 Å². The molecule has 90 valence electrons. The largest absolute Gasteiger partial charge is 0.393 e. The van der Waals surface area contributed by atoms with Crippen LogP contribution in [0.1, 0.15) is 43.0 Å². The Hall–Kier alpha value is -0.380. The molecule has 0 aliphatic heterocycles. The van der Waals surface area contributed by atoms with Gasteiger partial charge in [0.05, 0.1) is 6.10 Å². The maximum atomic E-state index is 9.62. The highest BCUT2D eigenvalue weighted by Gasteiger charge is 2.37. The molecule has 0 spiro atoms. The number of aliphatic hydroxyl groups is 1. The second-order valence-corrected chi connectivity index (χ2v) is 5.76. The smallest absolute Gasteiger partial charge is 0.0541 e. The van der Waals surface area contributed by atoms with Gasteiger partial charge in [0, 0.05) is 16.8 Å².